The van der Waals surface area contributed by atoms with Crippen molar-refractivity contribution in [1.29, 1.82) is 0 Å². The van der Waals surface area contributed by atoms with Crippen molar-refractivity contribution in [2.45, 2.75) is 6.92 Å². The standard InChI is InChI=1S/C14H13N3O/c1-10(18)12-9-17(14-7-8-15-16(14)2)13-6-4-3-5-11(12)13/h3-9H,1-2H3. The predicted octanol–water partition coefficient (Wildman–Crippen LogP) is 2.57. The van der Waals surface area contributed by atoms with Crippen molar-refractivity contribution in [1.82, 2.24) is 14.3 Å². The lowest BCUT2D eigenvalue weighted by Crippen LogP contribution is -2.01. The average molecular weight is 239 g/mol. The molecule has 0 spiro atoms. The molecule has 2 heterocycles. The molecule has 0 aliphatic carbocycles. The first-order chi connectivity index (χ1) is 8.68. The number of hydrogen-bond acceptors (Lipinski definition) is 2. The Morgan fingerprint density at radius 3 is 2.67 bits per heavy atom. The summed E-state index contributed by atoms with van der Waals surface area (Å²) < 4.78 is 3.79. The number of aryl methyl sites for hydroxylation is 1. The highest BCUT2D eigenvalue weighted by Crippen LogP contribution is 2.24. The molecule has 90 valence electrons. The van der Waals surface area contributed by atoms with E-state index in [0.717, 1.165) is 22.3 Å². The third-order valence-corrected chi connectivity index (χ3v) is 3.13. The van der Waals surface area contributed by atoms with Gasteiger partial charge in [0.25, 0.3) is 0 Å². The lowest BCUT2D eigenvalue weighted by Gasteiger charge is -2.04. The molecule has 1 aromatic carbocycles. The van der Waals surface area contributed by atoms with Gasteiger partial charge in [-0.25, -0.2) is 0 Å². The highest BCUT2D eigenvalue weighted by molar-refractivity contribution is 6.07. The molecule has 18 heavy (non-hydrogen) atoms. The van der Waals surface area contributed by atoms with Gasteiger partial charge in [0.15, 0.2) is 5.78 Å². The summed E-state index contributed by atoms with van der Waals surface area (Å²) in [6.07, 6.45) is 3.63. The monoisotopic (exact) mass is 239 g/mol. The fraction of sp³-hybridized carbons (Fsp3) is 0.143. The van der Waals surface area contributed by atoms with Crippen LogP contribution in [0.1, 0.15) is 17.3 Å². The normalized spacial score (nSPS) is 11.0. The maximum absolute atomic E-state index is 11.7. The Kier molecular flexibility index (Phi) is 2.30. The van der Waals surface area contributed by atoms with Crippen LogP contribution in [0.4, 0.5) is 0 Å². The fourth-order valence-electron chi connectivity index (χ4n) is 2.25. The van der Waals surface area contributed by atoms with Crippen LogP contribution in [0.2, 0.25) is 0 Å². The van der Waals surface area contributed by atoms with Gasteiger partial charge in [0.2, 0.25) is 0 Å². The molecule has 0 amide bonds. The second-order valence-electron chi connectivity index (χ2n) is 4.30. The average Bonchev–Trinajstić information content (AvgIpc) is 2.92. The van der Waals surface area contributed by atoms with Crippen LogP contribution in [0.15, 0.2) is 42.7 Å². The molecule has 2 aromatic heterocycles. The predicted molar refractivity (Wildman–Crippen MR) is 70.0 cm³/mol. The van der Waals surface area contributed by atoms with Crippen molar-refractivity contribution in [3.8, 4) is 5.82 Å². The zero-order valence-corrected chi connectivity index (χ0v) is 10.3. The highest BCUT2D eigenvalue weighted by atomic mass is 16.1. The number of Topliss-reactive ketones (excluding diaryl/α,β-unsaturated/α-hetero) is 1. The number of carbonyl (C=O) groups excluding carboxylic acids is 1. The molecular formula is C14H13N3O. The molecule has 0 bridgehead atoms. The Hall–Kier alpha value is -2.36. The van der Waals surface area contributed by atoms with Gasteiger partial charge < -0.3 is 4.57 Å². The summed E-state index contributed by atoms with van der Waals surface area (Å²) in [5.41, 5.74) is 1.76. The van der Waals surface area contributed by atoms with E-state index in [0.29, 0.717) is 0 Å². The van der Waals surface area contributed by atoms with Crippen LogP contribution in [0.5, 0.6) is 0 Å². The van der Waals surface area contributed by atoms with Gasteiger partial charge in [-0.05, 0) is 13.0 Å². The van der Waals surface area contributed by atoms with Crippen LogP contribution in [-0.2, 0) is 7.05 Å². The molecule has 0 unspecified atom stereocenters. The number of rotatable bonds is 2. The minimum Gasteiger partial charge on any atom is -0.301 e. The maximum Gasteiger partial charge on any atom is 0.161 e. The number of nitrogens with zero attached hydrogens (tertiary/aromatic N) is 3. The Labute approximate surface area is 104 Å². The Morgan fingerprint density at radius 2 is 2.00 bits per heavy atom. The van der Waals surface area contributed by atoms with Gasteiger partial charge in [-0.1, -0.05) is 18.2 Å². The number of hydrogen-bond donors (Lipinski definition) is 0. The SMILES string of the molecule is CC(=O)c1cn(-c2ccnn2C)c2ccccc12. The lowest BCUT2D eigenvalue weighted by molar-refractivity contribution is 0.101. The fourth-order valence-corrected chi connectivity index (χ4v) is 2.25. The summed E-state index contributed by atoms with van der Waals surface area (Å²) >= 11 is 0. The molecule has 0 radical (unpaired) electrons. The highest BCUT2D eigenvalue weighted by Gasteiger charge is 2.13. The summed E-state index contributed by atoms with van der Waals surface area (Å²) in [6.45, 7) is 1.59. The Bertz CT molecular complexity index is 736. The van der Waals surface area contributed by atoms with Gasteiger partial charge >= 0.3 is 0 Å². The van der Waals surface area contributed by atoms with Crippen molar-refractivity contribution in [2.75, 3.05) is 0 Å². The molecule has 0 saturated carbocycles. The number of para-hydroxylation sites is 1. The van der Waals surface area contributed by atoms with E-state index in [9.17, 15) is 4.79 Å². The third-order valence-electron chi connectivity index (χ3n) is 3.13. The van der Waals surface area contributed by atoms with Crippen LogP contribution in [0.25, 0.3) is 16.7 Å². The lowest BCUT2D eigenvalue weighted by atomic mass is 10.1. The van der Waals surface area contributed by atoms with Crippen LogP contribution >= 0.6 is 0 Å². The summed E-state index contributed by atoms with van der Waals surface area (Å²) in [5.74, 6) is 1.02. The van der Waals surface area contributed by atoms with Crippen molar-refractivity contribution < 1.29 is 4.79 Å². The molecule has 0 aliphatic rings. The van der Waals surface area contributed by atoms with E-state index < -0.39 is 0 Å². The third kappa shape index (κ3) is 1.46. The van der Waals surface area contributed by atoms with Crippen LogP contribution < -0.4 is 0 Å². The molecule has 4 nitrogen and oxygen atoms in total. The van der Waals surface area contributed by atoms with Crippen molar-refractivity contribution in [3.63, 3.8) is 0 Å². The Morgan fingerprint density at radius 1 is 1.22 bits per heavy atom. The van der Waals surface area contributed by atoms with E-state index in [1.54, 1.807) is 17.8 Å². The number of fused-ring (bicyclic) bond motifs is 1. The molecule has 0 N–H and O–H groups in total. The first-order valence-corrected chi connectivity index (χ1v) is 5.78. The quantitative estimate of drug-likeness (QED) is 0.645. The van der Waals surface area contributed by atoms with Crippen LogP contribution in [0.3, 0.4) is 0 Å². The zero-order chi connectivity index (χ0) is 12.7. The number of aromatic nitrogens is 3. The minimum absolute atomic E-state index is 0.0760. The summed E-state index contributed by atoms with van der Waals surface area (Å²) in [5, 5.41) is 5.14. The van der Waals surface area contributed by atoms with Gasteiger partial charge in [0.05, 0.1) is 11.7 Å². The first-order valence-electron chi connectivity index (χ1n) is 5.78. The van der Waals surface area contributed by atoms with Gasteiger partial charge in [0, 0.05) is 30.3 Å². The molecule has 0 fully saturated rings. The first kappa shape index (κ1) is 10.8. The Balaban J connectivity index is 2.37. The smallest absolute Gasteiger partial charge is 0.161 e. The van der Waals surface area contributed by atoms with Crippen molar-refractivity contribution >= 4 is 16.7 Å². The van der Waals surface area contributed by atoms with E-state index in [-0.39, 0.29) is 5.78 Å². The van der Waals surface area contributed by atoms with E-state index in [1.807, 2.05) is 48.1 Å². The van der Waals surface area contributed by atoms with Gasteiger partial charge in [-0.2, -0.15) is 5.10 Å². The topological polar surface area (TPSA) is 39.8 Å². The molecule has 4 heteroatoms. The molecular weight excluding hydrogens is 226 g/mol. The number of benzene rings is 1. The second kappa shape index (κ2) is 3.84. The number of carbonyl (C=O) groups is 1. The summed E-state index contributed by atoms with van der Waals surface area (Å²) in [6, 6.07) is 9.82. The maximum atomic E-state index is 11.7. The molecule has 3 rings (SSSR count). The molecule has 3 aromatic rings. The van der Waals surface area contributed by atoms with E-state index in [2.05, 4.69) is 5.10 Å². The van der Waals surface area contributed by atoms with Gasteiger partial charge in [0.1, 0.15) is 5.82 Å². The largest absolute Gasteiger partial charge is 0.301 e. The van der Waals surface area contributed by atoms with E-state index in [1.165, 1.54) is 0 Å². The van der Waals surface area contributed by atoms with Crippen LogP contribution in [0, 0.1) is 0 Å². The van der Waals surface area contributed by atoms with E-state index in [4.69, 9.17) is 0 Å². The van der Waals surface area contributed by atoms with Crippen molar-refractivity contribution in [2.24, 2.45) is 7.05 Å². The molecule has 0 atom stereocenters. The van der Waals surface area contributed by atoms with Gasteiger partial charge in [-0.3, -0.25) is 9.48 Å². The molecule has 0 aliphatic heterocycles. The second-order valence-corrected chi connectivity index (χ2v) is 4.30. The minimum atomic E-state index is 0.0760. The van der Waals surface area contributed by atoms with E-state index >= 15 is 0 Å². The summed E-state index contributed by atoms with van der Waals surface area (Å²) in [7, 11) is 1.89. The van der Waals surface area contributed by atoms with Crippen molar-refractivity contribution in [3.05, 3.63) is 48.3 Å². The summed E-state index contributed by atoms with van der Waals surface area (Å²) in [4.78, 5) is 11.7. The molecule has 0 saturated heterocycles. The van der Waals surface area contributed by atoms with Gasteiger partial charge in [-0.15, -0.1) is 0 Å². The zero-order valence-electron chi connectivity index (χ0n) is 10.3. The number of ketones is 1. The van der Waals surface area contributed by atoms with Crippen LogP contribution in [-0.4, -0.2) is 20.1 Å².